The zero-order chi connectivity index (χ0) is 18.4. The van der Waals surface area contributed by atoms with Crippen LogP contribution in [-0.4, -0.2) is 42.0 Å². The van der Waals surface area contributed by atoms with E-state index in [9.17, 15) is 9.59 Å². The van der Waals surface area contributed by atoms with E-state index in [1.165, 1.54) is 13.4 Å². The molecule has 25 heavy (non-hydrogen) atoms. The molecule has 0 aliphatic heterocycles. The van der Waals surface area contributed by atoms with Gasteiger partial charge in [0.05, 0.1) is 20.5 Å². The molecule has 8 nitrogen and oxygen atoms in total. The van der Waals surface area contributed by atoms with Crippen LogP contribution in [0, 0.1) is 0 Å². The highest BCUT2D eigenvalue weighted by Crippen LogP contribution is 2.30. The molecule has 0 bridgehead atoms. The minimum absolute atomic E-state index is 0.0545. The fraction of sp³-hybridized carbons (Fsp3) is 0.353. The van der Waals surface area contributed by atoms with Gasteiger partial charge in [0.25, 0.3) is 11.8 Å². The molecular weight excluding hydrogens is 324 g/mol. The highest BCUT2D eigenvalue weighted by Gasteiger charge is 2.21. The Bertz CT molecular complexity index is 755. The summed E-state index contributed by atoms with van der Waals surface area (Å²) >= 11 is 0. The number of aromatic amines is 1. The van der Waals surface area contributed by atoms with E-state index >= 15 is 0 Å². The summed E-state index contributed by atoms with van der Waals surface area (Å²) < 4.78 is 10.6. The number of nitrogens with zero attached hydrogens (tertiary/aromatic N) is 1. The Morgan fingerprint density at radius 3 is 2.60 bits per heavy atom. The molecule has 2 amide bonds. The maximum atomic E-state index is 12.4. The Morgan fingerprint density at radius 2 is 1.96 bits per heavy atom. The van der Waals surface area contributed by atoms with Gasteiger partial charge in [0.15, 0.2) is 17.2 Å². The third-order valence-corrected chi connectivity index (χ3v) is 3.43. The number of nitrogens with one attached hydrogen (secondary N) is 3. The van der Waals surface area contributed by atoms with Crippen molar-refractivity contribution < 1.29 is 19.1 Å². The van der Waals surface area contributed by atoms with E-state index in [1.807, 2.05) is 19.9 Å². The van der Waals surface area contributed by atoms with E-state index in [0.29, 0.717) is 11.5 Å². The Kier molecular flexibility index (Phi) is 5.99. The van der Waals surface area contributed by atoms with Crippen molar-refractivity contribution in [1.82, 2.24) is 20.6 Å². The smallest absolute Gasteiger partial charge is 0.272 e. The van der Waals surface area contributed by atoms with Gasteiger partial charge in [-0.3, -0.25) is 9.59 Å². The predicted molar refractivity (Wildman–Crippen MR) is 91.9 cm³/mol. The number of para-hydroxylation sites is 1. The van der Waals surface area contributed by atoms with Crippen LogP contribution in [0.2, 0.25) is 0 Å². The second kappa shape index (κ2) is 8.18. The zero-order valence-electron chi connectivity index (χ0n) is 14.7. The predicted octanol–water partition coefficient (Wildman–Crippen LogP) is 1.50. The van der Waals surface area contributed by atoms with Crippen molar-refractivity contribution in [2.45, 2.75) is 26.4 Å². The number of carbonyl (C=O) groups is 2. The molecule has 1 aromatic heterocycles. The summed E-state index contributed by atoms with van der Waals surface area (Å²) in [7, 11) is 3.08. The monoisotopic (exact) mass is 346 g/mol. The number of hydrogen-bond acceptors (Lipinski definition) is 5. The molecule has 3 N–H and O–H groups in total. The maximum absolute atomic E-state index is 12.4. The average Bonchev–Trinajstić information content (AvgIpc) is 3.08. The van der Waals surface area contributed by atoms with Crippen molar-refractivity contribution in [3.8, 4) is 11.5 Å². The fourth-order valence-corrected chi connectivity index (χ4v) is 2.33. The average molecular weight is 346 g/mol. The van der Waals surface area contributed by atoms with Crippen LogP contribution in [0.15, 0.2) is 24.5 Å². The minimum atomic E-state index is -0.434. The van der Waals surface area contributed by atoms with Crippen molar-refractivity contribution >= 4 is 11.8 Å². The van der Waals surface area contributed by atoms with Crippen LogP contribution in [0.25, 0.3) is 0 Å². The van der Waals surface area contributed by atoms with Crippen LogP contribution < -0.4 is 20.1 Å². The molecule has 8 heteroatoms. The fourth-order valence-electron chi connectivity index (χ4n) is 2.33. The van der Waals surface area contributed by atoms with Crippen molar-refractivity contribution in [1.29, 1.82) is 0 Å². The highest BCUT2D eigenvalue weighted by atomic mass is 16.5. The van der Waals surface area contributed by atoms with Crippen LogP contribution in [0.5, 0.6) is 11.5 Å². The largest absolute Gasteiger partial charge is 0.493 e. The molecule has 0 aliphatic carbocycles. The van der Waals surface area contributed by atoms with E-state index < -0.39 is 11.8 Å². The second-order valence-corrected chi connectivity index (χ2v) is 5.59. The summed E-state index contributed by atoms with van der Waals surface area (Å²) in [6.45, 7) is 3.88. The molecule has 0 unspecified atom stereocenters. The number of rotatable bonds is 7. The molecule has 1 aromatic carbocycles. The number of aromatic nitrogens is 2. The quantitative estimate of drug-likeness (QED) is 0.704. The number of ether oxygens (including phenoxy) is 2. The maximum Gasteiger partial charge on any atom is 0.272 e. The normalized spacial score (nSPS) is 10.4. The van der Waals surface area contributed by atoms with Gasteiger partial charge in [0.2, 0.25) is 0 Å². The lowest BCUT2D eigenvalue weighted by Gasteiger charge is -2.13. The third-order valence-electron chi connectivity index (χ3n) is 3.43. The van der Waals surface area contributed by atoms with E-state index in [4.69, 9.17) is 9.47 Å². The summed E-state index contributed by atoms with van der Waals surface area (Å²) in [4.78, 5) is 31.1. The third kappa shape index (κ3) is 4.28. The molecule has 0 radical (unpaired) electrons. The van der Waals surface area contributed by atoms with Crippen molar-refractivity contribution in [2.24, 2.45) is 0 Å². The van der Waals surface area contributed by atoms with E-state index in [1.54, 1.807) is 19.2 Å². The topological polar surface area (TPSA) is 105 Å². The van der Waals surface area contributed by atoms with Crippen LogP contribution in [0.3, 0.4) is 0 Å². The summed E-state index contributed by atoms with van der Waals surface area (Å²) in [5.74, 6) is 0.289. The van der Waals surface area contributed by atoms with Gasteiger partial charge in [-0.15, -0.1) is 0 Å². The lowest BCUT2D eigenvalue weighted by Crippen LogP contribution is -2.33. The van der Waals surface area contributed by atoms with E-state index in [-0.39, 0.29) is 24.0 Å². The van der Waals surface area contributed by atoms with E-state index in [0.717, 1.165) is 5.56 Å². The number of imidazole rings is 1. The molecule has 0 saturated carbocycles. The van der Waals surface area contributed by atoms with Crippen LogP contribution >= 0.6 is 0 Å². The van der Waals surface area contributed by atoms with Gasteiger partial charge < -0.3 is 25.1 Å². The van der Waals surface area contributed by atoms with Crippen LogP contribution in [0.4, 0.5) is 0 Å². The number of methoxy groups -OCH3 is 2. The first-order chi connectivity index (χ1) is 12.0. The lowest BCUT2D eigenvalue weighted by atomic mass is 10.1. The molecule has 0 aliphatic rings. The van der Waals surface area contributed by atoms with Gasteiger partial charge >= 0.3 is 0 Å². The molecule has 0 atom stereocenters. The molecule has 0 saturated heterocycles. The van der Waals surface area contributed by atoms with Gasteiger partial charge in [-0.2, -0.15) is 0 Å². The summed E-state index contributed by atoms with van der Waals surface area (Å²) in [6.07, 6.45) is 1.32. The Labute approximate surface area is 145 Å². The molecule has 2 aromatic rings. The first-order valence-electron chi connectivity index (χ1n) is 7.80. The number of benzene rings is 1. The summed E-state index contributed by atoms with van der Waals surface area (Å²) in [6, 6.07) is 5.34. The summed E-state index contributed by atoms with van der Waals surface area (Å²) in [5, 5.41) is 5.46. The number of carbonyl (C=O) groups excluding carboxylic acids is 2. The van der Waals surface area contributed by atoms with Gasteiger partial charge in [0, 0.05) is 18.2 Å². The number of hydrogen-bond donors (Lipinski definition) is 3. The second-order valence-electron chi connectivity index (χ2n) is 5.59. The first-order valence-corrected chi connectivity index (χ1v) is 7.80. The summed E-state index contributed by atoms with van der Waals surface area (Å²) in [5.41, 5.74) is 0.923. The molecule has 0 fully saturated rings. The van der Waals surface area contributed by atoms with Gasteiger partial charge in [-0.1, -0.05) is 12.1 Å². The van der Waals surface area contributed by atoms with Crippen molar-refractivity contribution in [3.05, 3.63) is 41.5 Å². The molecule has 1 heterocycles. The number of H-pyrrole nitrogens is 1. The van der Waals surface area contributed by atoms with Gasteiger partial charge in [-0.05, 0) is 19.9 Å². The Morgan fingerprint density at radius 1 is 1.20 bits per heavy atom. The van der Waals surface area contributed by atoms with Crippen LogP contribution in [-0.2, 0) is 6.54 Å². The SMILES string of the molecule is COc1cccc(CNC(=O)c2[nH]cnc2C(=O)NC(C)C)c1OC. The molecule has 2 rings (SSSR count). The highest BCUT2D eigenvalue weighted by molar-refractivity contribution is 6.04. The van der Waals surface area contributed by atoms with E-state index in [2.05, 4.69) is 20.6 Å². The Hall–Kier alpha value is -3.03. The molecule has 134 valence electrons. The first kappa shape index (κ1) is 18.3. The Balaban J connectivity index is 2.12. The van der Waals surface area contributed by atoms with Crippen molar-refractivity contribution in [3.63, 3.8) is 0 Å². The molecular formula is C17H22N4O4. The van der Waals surface area contributed by atoms with Crippen molar-refractivity contribution in [2.75, 3.05) is 14.2 Å². The molecule has 0 spiro atoms. The zero-order valence-corrected chi connectivity index (χ0v) is 14.7. The lowest BCUT2D eigenvalue weighted by molar-refractivity contribution is 0.0906. The van der Waals surface area contributed by atoms with Gasteiger partial charge in [0.1, 0.15) is 5.69 Å². The number of amides is 2. The minimum Gasteiger partial charge on any atom is -0.493 e. The van der Waals surface area contributed by atoms with Gasteiger partial charge in [-0.25, -0.2) is 4.98 Å². The standard InChI is InChI=1S/C17H22N4O4/c1-10(2)21-17(23)14-13(19-9-20-14)16(22)18-8-11-6-5-7-12(24-3)15(11)25-4/h5-7,9-10H,8H2,1-4H3,(H,18,22)(H,19,20)(H,21,23). The van der Waals surface area contributed by atoms with Crippen LogP contribution in [0.1, 0.15) is 40.4 Å².